The second-order valence-corrected chi connectivity index (χ2v) is 4.71. The van der Waals surface area contributed by atoms with Crippen LogP contribution in [0.1, 0.15) is 25.8 Å². The van der Waals surface area contributed by atoms with Crippen molar-refractivity contribution in [1.29, 1.82) is 0 Å². The highest BCUT2D eigenvalue weighted by atomic mass is 16.5. The third-order valence-electron chi connectivity index (χ3n) is 2.73. The van der Waals surface area contributed by atoms with Crippen molar-refractivity contribution >= 4 is 11.8 Å². The fourth-order valence-corrected chi connectivity index (χ4v) is 1.78. The summed E-state index contributed by atoms with van der Waals surface area (Å²) in [5.41, 5.74) is 0.766. The maximum atomic E-state index is 11.8. The molecule has 1 unspecified atom stereocenters. The Hall–Kier alpha value is -1.85. The normalized spacial score (nSPS) is 12.1. The topological polar surface area (TPSA) is 73.3 Å². The quantitative estimate of drug-likeness (QED) is 0.792. The largest absolute Gasteiger partial charge is 0.481 e. The Morgan fingerprint density at radius 2 is 2.05 bits per heavy atom. The minimum atomic E-state index is -0.427. The van der Waals surface area contributed by atoms with Gasteiger partial charge in [0, 0.05) is 0 Å². The maximum Gasteiger partial charge on any atom is 0.328 e. The van der Waals surface area contributed by atoms with Gasteiger partial charge in [-0.2, -0.15) is 0 Å². The molecule has 0 radical (unpaired) electrons. The van der Waals surface area contributed by atoms with E-state index in [1.165, 1.54) is 13.4 Å². The van der Waals surface area contributed by atoms with E-state index in [0.29, 0.717) is 24.0 Å². The van der Waals surface area contributed by atoms with E-state index in [4.69, 9.17) is 9.47 Å². The lowest BCUT2D eigenvalue weighted by molar-refractivity contribution is -0.141. The van der Waals surface area contributed by atoms with Crippen molar-refractivity contribution in [2.45, 2.75) is 33.2 Å². The summed E-state index contributed by atoms with van der Waals surface area (Å²) in [5, 5.41) is 3.10. The van der Waals surface area contributed by atoms with Crippen molar-refractivity contribution in [3.63, 3.8) is 0 Å². The van der Waals surface area contributed by atoms with E-state index in [-0.39, 0.29) is 5.97 Å². The van der Waals surface area contributed by atoms with Gasteiger partial charge in [0.2, 0.25) is 5.88 Å². The van der Waals surface area contributed by atoms with Crippen molar-refractivity contribution in [2.24, 2.45) is 5.92 Å². The molecule has 0 saturated carbocycles. The molecular formula is C13H21N3O3. The van der Waals surface area contributed by atoms with E-state index in [1.54, 1.807) is 7.11 Å². The Bertz CT molecular complexity index is 435. The Labute approximate surface area is 113 Å². The van der Waals surface area contributed by atoms with E-state index in [2.05, 4.69) is 15.3 Å². The van der Waals surface area contributed by atoms with Crippen LogP contribution in [0.5, 0.6) is 5.88 Å². The van der Waals surface area contributed by atoms with Crippen LogP contribution in [-0.2, 0) is 9.53 Å². The van der Waals surface area contributed by atoms with Crippen LogP contribution in [0.15, 0.2) is 6.33 Å². The maximum absolute atomic E-state index is 11.8. The second kappa shape index (κ2) is 6.92. The molecule has 0 aliphatic rings. The smallest absolute Gasteiger partial charge is 0.328 e. The molecule has 106 valence electrons. The number of carbonyl (C=O) groups is 1. The monoisotopic (exact) mass is 267 g/mol. The summed E-state index contributed by atoms with van der Waals surface area (Å²) in [6, 6.07) is -0.427. The van der Waals surface area contributed by atoms with Crippen molar-refractivity contribution in [1.82, 2.24) is 9.97 Å². The first-order valence-electron chi connectivity index (χ1n) is 6.19. The number of aromatic nitrogens is 2. The minimum Gasteiger partial charge on any atom is -0.481 e. The summed E-state index contributed by atoms with van der Waals surface area (Å²) in [5.74, 6) is 1.14. The van der Waals surface area contributed by atoms with Gasteiger partial charge in [0.05, 0.1) is 19.8 Å². The van der Waals surface area contributed by atoms with Crippen LogP contribution in [0.4, 0.5) is 5.82 Å². The standard InChI is InChI=1S/C13H21N3O3/c1-8(2)6-10(13(17)19-5)16-11-9(3)12(18-4)15-7-14-11/h7-8,10H,6H2,1-5H3,(H,14,15,16). The molecule has 0 bridgehead atoms. The lowest BCUT2D eigenvalue weighted by atomic mass is 10.0. The number of hydrogen-bond donors (Lipinski definition) is 1. The molecule has 1 rings (SSSR count). The fourth-order valence-electron chi connectivity index (χ4n) is 1.78. The van der Waals surface area contributed by atoms with Gasteiger partial charge in [-0.1, -0.05) is 13.8 Å². The zero-order valence-corrected chi connectivity index (χ0v) is 12.1. The van der Waals surface area contributed by atoms with Gasteiger partial charge in [-0.25, -0.2) is 14.8 Å². The van der Waals surface area contributed by atoms with Crippen LogP contribution >= 0.6 is 0 Å². The van der Waals surface area contributed by atoms with Crippen LogP contribution in [-0.4, -0.2) is 36.2 Å². The highest BCUT2D eigenvalue weighted by molar-refractivity contribution is 5.79. The highest BCUT2D eigenvalue weighted by Crippen LogP contribution is 2.21. The van der Waals surface area contributed by atoms with E-state index in [0.717, 1.165) is 5.56 Å². The molecule has 1 atom stereocenters. The van der Waals surface area contributed by atoms with Gasteiger partial charge in [0.1, 0.15) is 18.2 Å². The first-order valence-corrected chi connectivity index (χ1v) is 6.19. The summed E-state index contributed by atoms with van der Waals surface area (Å²) in [6.07, 6.45) is 2.07. The minimum absolute atomic E-state index is 0.300. The zero-order valence-electron chi connectivity index (χ0n) is 12.1. The molecule has 6 heteroatoms. The van der Waals surface area contributed by atoms with Crippen LogP contribution in [0.2, 0.25) is 0 Å². The third kappa shape index (κ3) is 4.08. The van der Waals surface area contributed by atoms with Crippen molar-refractivity contribution in [3.8, 4) is 5.88 Å². The van der Waals surface area contributed by atoms with Gasteiger partial charge >= 0.3 is 5.97 Å². The first-order chi connectivity index (χ1) is 8.99. The summed E-state index contributed by atoms with van der Waals surface area (Å²) in [4.78, 5) is 19.9. The van der Waals surface area contributed by atoms with Gasteiger partial charge in [-0.05, 0) is 19.3 Å². The van der Waals surface area contributed by atoms with Gasteiger partial charge in [0.25, 0.3) is 0 Å². The molecule has 19 heavy (non-hydrogen) atoms. The van der Waals surface area contributed by atoms with Crippen LogP contribution < -0.4 is 10.1 Å². The Morgan fingerprint density at radius 1 is 1.37 bits per heavy atom. The Balaban J connectivity index is 2.93. The summed E-state index contributed by atoms with van der Waals surface area (Å²) in [7, 11) is 2.93. The number of methoxy groups -OCH3 is 2. The number of anilines is 1. The molecular weight excluding hydrogens is 246 g/mol. The molecule has 0 aromatic carbocycles. The molecule has 1 N–H and O–H groups in total. The highest BCUT2D eigenvalue weighted by Gasteiger charge is 2.22. The molecule has 0 aliphatic heterocycles. The molecule has 1 heterocycles. The third-order valence-corrected chi connectivity index (χ3v) is 2.73. The van der Waals surface area contributed by atoms with E-state index < -0.39 is 6.04 Å². The van der Waals surface area contributed by atoms with E-state index >= 15 is 0 Å². The number of ether oxygens (including phenoxy) is 2. The Morgan fingerprint density at radius 3 is 2.58 bits per heavy atom. The molecule has 0 saturated heterocycles. The summed E-state index contributed by atoms with van der Waals surface area (Å²) in [6.45, 7) is 5.93. The Kier molecular flexibility index (Phi) is 5.54. The molecule has 0 amide bonds. The SMILES string of the molecule is COC(=O)C(CC(C)C)Nc1ncnc(OC)c1C. The fraction of sp³-hybridized carbons (Fsp3) is 0.615. The molecule has 0 spiro atoms. The molecule has 1 aromatic rings. The van der Waals surface area contributed by atoms with Gasteiger partial charge in [0.15, 0.2) is 0 Å². The molecule has 0 aliphatic carbocycles. The lowest BCUT2D eigenvalue weighted by Crippen LogP contribution is -2.32. The summed E-state index contributed by atoms with van der Waals surface area (Å²) < 4.78 is 9.93. The van der Waals surface area contributed by atoms with Crippen LogP contribution in [0.3, 0.4) is 0 Å². The number of esters is 1. The van der Waals surface area contributed by atoms with Gasteiger partial charge in [-0.15, -0.1) is 0 Å². The number of nitrogens with one attached hydrogen (secondary N) is 1. The number of hydrogen-bond acceptors (Lipinski definition) is 6. The lowest BCUT2D eigenvalue weighted by Gasteiger charge is -2.20. The van der Waals surface area contributed by atoms with Crippen molar-refractivity contribution in [3.05, 3.63) is 11.9 Å². The second-order valence-electron chi connectivity index (χ2n) is 4.71. The predicted octanol–water partition coefficient (Wildman–Crippen LogP) is 1.79. The van der Waals surface area contributed by atoms with Crippen molar-refractivity contribution < 1.29 is 14.3 Å². The molecule has 6 nitrogen and oxygen atoms in total. The number of rotatable bonds is 6. The average molecular weight is 267 g/mol. The van der Waals surface area contributed by atoms with Crippen LogP contribution in [0.25, 0.3) is 0 Å². The molecule has 1 aromatic heterocycles. The van der Waals surface area contributed by atoms with Crippen LogP contribution in [0, 0.1) is 12.8 Å². The first kappa shape index (κ1) is 15.2. The van der Waals surface area contributed by atoms with E-state index in [9.17, 15) is 4.79 Å². The van der Waals surface area contributed by atoms with E-state index in [1.807, 2.05) is 20.8 Å². The van der Waals surface area contributed by atoms with Gasteiger partial charge in [-0.3, -0.25) is 0 Å². The number of nitrogens with zero attached hydrogens (tertiary/aromatic N) is 2. The van der Waals surface area contributed by atoms with Gasteiger partial charge < -0.3 is 14.8 Å². The predicted molar refractivity (Wildman–Crippen MR) is 72.2 cm³/mol. The molecule has 0 fully saturated rings. The zero-order chi connectivity index (χ0) is 14.4. The average Bonchev–Trinajstić information content (AvgIpc) is 2.38. The van der Waals surface area contributed by atoms with Crippen molar-refractivity contribution in [2.75, 3.05) is 19.5 Å². The number of carbonyl (C=O) groups excluding carboxylic acids is 1. The summed E-state index contributed by atoms with van der Waals surface area (Å²) >= 11 is 0.